The molecule has 0 spiro atoms. The first-order chi connectivity index (χ1) is 18.6. The summed E-state index contributed by atoms with van der Waals surface area (Å²) in [6, 6.07) is 0. The topological polar surface area (TPSA) is 0 Å². The Kier molecular flexibility index (Phi) is 9.03. The van der Waals surface area contributed by atoms with Gasteiger partial charge in [-0.05, 0) is 123 Å². The van der Waals surface area contributed by atoms with Crippen LogP contribution < -0.4 is 0 Å². The molecular formula is C40H64. The molecule has 0 aromatic rings. The van der Waals surface area contributed by atoms with E-state index in [1.165, 1.54) is 88.2 Å². The predicted molar refractivity (Wildman–Crippen MR) is 177 cm³/mol. The Morgan fingerprint density at radius 1 is 0.800 bits per heavy atom. The summed E-state index contributed by atoms with van der Waals surface area (Å²) in [6.45, 7) is 32.1. The summed E-state index contributed by atoms with van der Waals surface area (Å²) in [6.07, 6.45) is 26.8. The van der Waals surface area contributed by atoms with Crippen LogP contribution in [0.5, 0.6) is 0 Å². The molecule has 40 heavy (non-hydrogen) atoms. The van der Waals surface area contributed by atoms with Gasteiger partial charge in [-0.3, -0.25) is 0 Å². The van der Waals surface area contributed by atoms with Crippen molar-refractivity contribution in [2.24, 2.45) is 50.7 Å². The molecule has 2 unspecified atom stereocenters. The Balaban J connectivity index is 0.000000185. The largest absolute Gasteiger partial charge is 0.102 e. The van der Waals surface area contributed by atoms with Gasteiger partial charge in [0.2, 0.25) is 0 Å². The van der Waals surface area contributed by atoms with Crippen LogP contribution in [-0.2, 0) is 0 Å². The second-order valence-corrected chi connectivity index (χ2v) is 17.0. The molecule has 0 radical (unpaired) electrons. The smallest absolute Gasteiger partial charge is 0.00330 e. The molecule has 0 aromatic heterocycles. The lowest BCUT2D eigenvalue weighted by atomic mass is 9.45. The van der Waals surface area contributed by atoms with E-state index in [0.29, 0.717) is 27.6 Å². The predicted octanol–water partition coefficient (Wildman–Crippen LogP) is 12.4. The number of hydrogen-bond acceptors (Lipinski definition) is 0. The van der Waals surface area contributed by atoms with E-state index in [1.807, 2.05) is 6.08 Å². The molecule has 0 aromatic carbocycles. The maximum absolute atomic E-state index is 4.43. The molecule has 0 nitrogen and oxygen atoms in total. The van der Waals surface area contributed by atoms with Crippen LogP contribution in [0, 0.1) is 50.7 Å². The maximum atomic E-state index is 4.43. The molecule has 5 rings (SSSR count). The second-order valence-electron chi connectivity index (χ2n) is 17.0. The third kappa shape index (κ3) is 5.81. The van der Waals surface area contributed by atoms with Crippen molar-refractivity contribution in [2.75, 3.05) is 0 Å². The molecule has 4 fully saturated rings. The minimum absolute atomic E-state index is 0.263. The zero-order valence-electron chi connectivity index (χ0n) is 27.9. The highest BCUT2D eigenvalue weighted by molar-refractivity contribution is 5.26. The van der Waals surface area contributed by atoms with Crippen molar-refractivity contribution in [2.45, 2.75) is 139 Å². The summed E-state index contributed by atoms with van der Waals surface area (Å²) in [4.78, 5) is 0. The number of rotatable bonds is 4. The Morgan fingerprint density at radius 3 is 1.98 bits per heavy atom. The van der Waals surface area contributed by atoms with Gasteiger partial charge in [-0.25, -0.2) is 0 Å². The molecule has 0 aliphatic heterocycles. The van der Waals surface area contributed by atoms with Crippen LogP contribution in [0.25, 0.3) is 0 Å². The molecule has 0 heterocycles. The van der Waals surface area contributed by atoms with Crippen LogP contribution >= 0.6 is 0 Å². The number of hydrogen-bond donors (Lipinski definition) is 0. The van der Waals surface area contributed by atoms with Crippen molar-refractivity contribution in [3.8, 4) is 0 Å². The summed E-state index contributed by atoms with van der Waals surface area (Å²) in [7, 11) is 0. The third-order valence-corrected chi connectivity index (χ3v) is 13.5. The van der Waals surface area contributed by atoms with Crippen LogP contribution in [0.4, 0.5) is 0 Å². The van der Waals surface area contributed by atoms with Gasteiger partial charge in [-0.1, -0.05) is 115 Å². The first kappa shape index (κ1) is 31.6. The van der Waals surface area contributed by atoms with Gasteiger partial charge in [0, 0.05) is 5.41 Å². The third-order valence-electron chi connectivity index (χ3n) is 13.5. The van der Waals surface area contributed by atoms with Gasteiger partial charge in [0.05, 0.1) is 0 Å². The average Bonchev–Trinajstić information content (AvgIpc) is 2.87. The zero-order valence-corrected chi connectivity index (χ0v) is 27.9. The van der Waals surface area contributed by atoms with E-state index < -0.39 is 0 Å². The summed E-state index contributed by atoms with van der Waals surface area (Å²) in [5.74, 6) is 3.31. The molecule has 5 aliphatic carbocycles. The van der Waals surface area contributed by atoms with Crippen molar-refractivity contribution >= 4 is 0 Å². The fourth-order valence-corrected chi connectivity index (χ4v) is 11.1. The second kappa shape index (κ2) is 11.4. The Hall–Kier alpha value is -1.30. The normalized spacial score (nSPS) is 42.1. The quantitative estimate of drug-likeness (QED) is 0.244. The molecule has 0 saturated heterocycles. The fraction of sp³-hybridized carbons (Fsp3) is 0.750. The molecule has 5 aliphatic rings. The highest BCUT2D eigenvalue weighted by atomic mass is 14.6. The van der Waals surface area contributed by atoms with Crippen LogP contribution in [0.2, 0.25) is 0 Å². The summed E-state index contributed by atoms with van der Waals surface area (Å²) >= 11 is 0. The summed E-state index contributed by atoms with van der Waals surface area (Å²) in [5.41, 5.74) is 6.91. The van der Waals surface area contributed by atoms with Crippen molar-refractivity contribution in [1.29, 1.82) is 0 Å². The van der Waals surface area contributed by atoms with Gasteiger partial charge < -0.3 is 0 Å². The Morgan fingerprint density at radius 2 is 1.38 bits per heavy atom. The van der Waals surface area contributed by atoms with Crippen LogP contribution in [0.3, 0.4) is 0 Å². The van der Waals surface area contributed by atoms with Gasteiger partial charge in [0.15, 0.2) is 0 Å². The van der Waals surface area contributed by atoms with E-state index in [9.17, 15) is 0 Å². The average molecular weight is 545 g/mol. The van der Waals surface area contributed by atoms with Crippen molar-refractivity contribution in [3.63, 3.8) is 0 Å². The molecule has 224 valence electrons. The molecule has 0 amide bonds. The standard InChI is InChI=1S/2C20H32/c1-6-19(4)13-10-16-15(14-19)8-9-17-18(2,3)11-7-12-20(16,17)5;1-7-15(2)9-11-17-16(3)10-12-18-19(4,5)13-8-14-20(17,18)6/h6,14,16-17H,1,7-13H2,2-5H3;7,9,17-18H,1,3,8,10-14H2,2,4-6H3/b;15-9+/t16-,17?,19-,20+;17-,18?,20+/m00/s1. The van der Waals surface area contributed by atoms with Gasteiger partial charge in [-0.2, -0.15) is 0 Å². The molecule has 0 heteroatoms. The Labute approximate surface area is 250 Å². The highest BCUT2D eigenvalue weighted by Crippen LogP contribution is 2.64. The van der Waals surface area contributed by atoms with E-state index in [2.05, 4.69) is 93.4 Å². The molecule has 7 atom stereocenters. The minimum atomic E-state index is 0.263. The molecule has 4 saturated carbocycles. The van der Waals surface area contributed by atoms with Crippen LogP contribution in [0.15, 0.2) is 60.8 Å². The maximum Gasteiger partial charge on any atom is 0.00330 e. The monoisotopic (exact) mass is 545 g/mol. The van der Waals surface area contributed by atoms with Gasteiger partial charge in [0.1, 0.15) is 0 Å². The van der Waals surface area contributed by atoms with E-state index in [1.54, 1.807) is 5.57 Å². The van der Waals surface area contributed by atoms with Crippen molar-refractivity contribution in [3.05, 3.63) is 60.8 Å². The summed E-state index contributed by atoms with van der Waals surface area (Å²) < 4.78 is 0. The van der Waals surface area contributed by atoms with Crippen LogP contribution in [-0.4, -0.2) is 0 Å². The van der Waals surface area contributed by atoms with Gasteiger partial charge in [-0.15, -0.1) is 6.58 Å². The SMILES string of the molecule is C=C/C(C)=C/C[C@H]1C(=C)CCC2C(C)(C)CCC[C@@]21C.C=C[C@]1(C)C=C2CCC3C(C)(C)CCC[C@]3(C)[C@H]2CC1. The first-order valence-electron chi connectivity index (χ1n) is 16.9. The number of allylic oxidation sites excluding steroid dienone is 7. The van der Waals surface area contributed by atoms with Crippen molar-refractivity contribution in [1.82, 2.24) is 0 Å². The van der Waals surface area contributed by atoms with E-state index in [4.69, 9.17) is 0 Å². The lowest BCUT2D eigenvalue weighted by molar-refractivity contribution is -0.0587. The van der Waals surface area contributed by atoms with E-state index in [-0.39, 0.29) is 5.41 Å². The first-order valence-corrected chi connectivity index (χ1v) is 16.9. The molecular weight excluding hydrogens is 480 g/mol. The summed E-state index contributed by atoms with van der Waals surface area (Å²) in [5, 5.41) is 0. The van der Waals surface area contributed by atoms with Gasteiger partial charge >= 0.3 is 0 Å². The highest BCUT2D eigenvalue weighted by Gasteiger charge is 2.54. The minimum Gasteiger partial charge on any atom is -0.102 e. The lowest BCUT2D eigenvalue weighted by Gasteiger charge is -2.59. The van der Waals surface area contributed by atoms with Crippen LogP contribution in [0.1, 0.15) is 139 Å². The van der Waals surface area contributed by atoms with E-state index >= 15 is 0 Å². The Bertz CT molecular complexity index is 998. The molecule has 0 N–H and O–H groups in total. The molecule has 0 bridgehead atoms. The fourth-order valence-electron chi connectivity index (χ4n) is 11.1. The van der Waals surface area contributed by atoms with Crippen molar-refractivity contribution < 1.29 is 0 Å². The lowest BCUT2D eigenvalue weighted by Crippen LogP contribution is -2.50. The van der Waals surface area contributed by atoms with E-state index in [0.717, 1.165) is 24.2 Å². The zero-order chi connectivity index (χ0) is 29.6. The van der Waals surface area contributed by atoms with Gasteiger partial charge in [0.25, 0.3) is 0 Å². The number of fused-ring (bicyclic) bond motifs is 4.